The zero-order valence-electron chi connectivity index (χ0n) is 12.4. The van der Waals surface area contributed by atoms with E-state index < -0.39 is 0 Å². The molecule has 0 radical (unpaired) electrons. The van der Waals surface area contributed by atoms with Crippen LogP contribution < -0.4 is 11.1 Å². The van der Waals surface area contributed by atoms with Crippen LogP contribution in [0.15, 0.2) is 0 Å². The van der Waals surface area contributed by atoms with Gasteiger partial charge in [0, 0.05) is 37.2 Å². The first-order valence-electron chi connectivity index (χ1n) is 8.08. The summed E-state index contributed by atoms with van der Waals surface area (Å²) in [7, 11) is 0. The Hall–Kier alpha value is -0.810. The molecule has 0 bridgehead atoms. The van der Waals surface area contributed by atoms with Crippen molar-refractivity contribution in [3.05, 3.63) is 0 Å². The predicted molar refractivity (Wildman–Crippen MR) is 77.4 cm³/mol. The minimum atomic E-state index is -0.279. The topological polar surface area (TPSA) is 67.6 Å². The molecule has 1 spiro atoms. The van der Waals surface area contributed by atoms with Gasteiger partial charge in [0.2, 0.25) is 0 Å². The molecule has 2 amide bonds. The minimum Gasteiger partial charge on any atom is -0.378 e. The second-order valence-electron chi connectivity index (χ2n) is 6.59. The number of likely N-dealkylation sites (tertiary alicyclic amines) is 1. The Labute approximate surface area is 121 Å². The van der Waals surface area contributed by atoms with E-state index in [0.29, 0.717) is 23.6 Å². The number of hydrogen-bond acceptors (Lipinski definition) is 3. The van der Waals surface area contributed by atoms with Gasteiger partial charge in [-0.1, -0.05) is 6.42 Å². The van der Waals surface area contributed by atoms with Crippen LogP contribution in [0.25, 0.3) is 0 Å². The fourth-order valence-corrected chi connectivity index (χ4v) is 4.22. The normalized spacial score (nSPS) is 32.8. The number of urea groups is 1. The largest absolute Gasteiger partial charge is 0.378 e. The molecule has 1 heterocycles. The summed E-state index contributed by atoms with van der Waals surface area (Å²) in [5.74, 6) is 0. The first kappa shape index (κ1) is 14.1. The Morgan fingerprint density at radius 2 is 2.10 bits per heavy atom. The molecule has 1 aliphatic heterocycles. The molecule has 3 aliphatic rings. The summed E-state index contributed by atoms with van der Waals surface area (Å²) < 4.78 is 5.89. The van der Waals surface area contributed by atoms with Gasteiger partial charge >= 0.3 is 6.03 Å². The van der Waals surface area contributed by atoms with Gasteiger partial charge in [0.1, 0.15) is 0 Å². The lowest BCUT2D eigenvalue weighted by Crippen LogP contribution is -2.68. The number of piperidine rings is 1. The van der Waals surface area contributed by atoms with E-state index in [4.69, 9.17) is 10.5 Å². The highest BCUT2D eigenvalue weighted by Gasteiger charge is 2.59. The molecule has 3 rings (SSSR count). The van der Waals surface area contributed by atoms with E-state index in [1.54, 1.807) is 4.90 Å². The summed E-state index contributed by atoms with van der Waals surface area (Å²) in [4.78, 5) is 12.9. The van der Waals surface area contributed by atoms with Gasteiger partial charge in [-0.15, -0.1) is 0 Å². The minimum absolute atomic E-state index is 0.279. The molecule has 2 atom stereocenters. The first-order chi connectivity index (χ1) is 9.65. The number of nitrogens with two attached hydrogens (primary N) is 1. The van der Waals surface area contributed by atoms with Gasteiger partial charge in [0.15, 0.2) is 0 Å². The standard InChI is InChI=1S/C15H27N3O2/c1-2-20-13-10-12(15(13)6-3-7-15)17-11-4-8-18(9-5-11)14(16)19/h11-13,17H,2-10H2,1H3,(H2,16,19)/t12-,13+/m0/s1. The average molecular weight is 281 g/mol. The SMILES string of the molecule is CCO[C@@H]1C[C@H](NC2CCN(C(N)=O)CC2)C12CCC2. The third-order valence-corrected chi connectivity index (χ3v) is 5.68. The lowest BCUT2D eigenvalue weighted by atomic mass is 9.51. The number of amides is 2. The van der Waals surface area contributed by atoms with Crippen molar-refractivity contribution in [1.29, 1.82) is 0 Å². The maximum atomic E-state index is 11.1. The van der Waals surface area contributed by atoms with Crippen LogP contribution >= 0.6 is 0 Å². The number of hydrogen-bond donors (Lipinski definition) is 2. The number of nitrogens with one attached hydrogen (secondary N) is 1. The average Bonchev–Trinajstić information content (AvgIpc) is 2.36. The number of ether oxygens (including phenoxy) is 1. The Morgan fingerprint density at radius 1 is 1.40 bits per heavy atom. The van der Waals surface area contributed by atoms with Crippen molar-refractivity contribution in [1.82, 2.24) is 10.2 Å². The molecule has 5 nitrogen and oxygen atoms in total. The predicted octanol–water partition coefficient (Wildman–Crippen LogP) is 1.47. The quantitative estimate of drug-likeness (QED) is 0.820. The Balaban J connectivity index is 1.49. The molecule has 20 heavy (non-hydrogen) atoms. The lowest BCUT2D eigenvalue weighted by Gasteiger charge is -2.62. The summed E-state index contributed by atoms with van der Waals surface area (Å²) >= 11 is 0. The molecule has 0 aromatic rings. The second-order valence-corrected chi connectivity index (χ2v) is 6.59. The molecule has 114 valence electrons. The van der Waals surface area contributed by atoms with Crippen molar-refractivity contribution in [2.24, 2.45) is 11.1 Å². The van der Waals surface area contributed by atoms with E-state index in [-0.39, 0.29) is 6.03 Å². The van der Waals surface area contributed by atoms with Crippen molar-refractivity contribution >= 4 is 6.03 Å². The highest BCUT2D eigenvalue weighted by Crippen LogP contribution is 2.57. The van der Waals surface area contributed by atoms with Crippen LogP contribution in [0.1, 0.15) is 45.4 Å². The van der Waals surface area contributed by atoms with Gasteiger partial charge in [-0.05, 0) is 39.0 Å². The van der Waals surface area contributed by atoms with Crippen LogP contribution in [-0.4, -0.2) is 48.8 Å². The summed E-state index contributed by atoms with van der Waals surface area (Å²) in [6.45, 7) is 4.51. The molecule has 0 aromatic heterocycles. The van der Waals surface area contributed by atoms with E-state index in [0.717, 1.165) is 39.0 Å². The molecule has 1 saturated heterocycles. The monoisotopic (exact) mass is 281 g/mol. The molecule has 5 heteroatoms. The Kier molecular flexibility index (Phi) is 3.91. The summed E-state index contributed by atoms with van der Waals surface area (Å²) in [5, 5.41) is 3.84. The maximum Gasteiger partial charge on any atom is 0.314 e. The Morgan fingerprint density at radius 3 is 2.60 bits per heavy atom. The van der Waals surface area contributed by atoms with Crippen LogP contribution in [0.4, 0.5) is 4.79 Å². The highest BCUT2D eigenvalue weighted by atomic mass is 16.5. The molecule has 0 unspecified atom stereocenters. The van der Waals surface area contributed by atoms with Crippen molar-refractivity contribution in [2.45, 2.75) is 63.6 Å². The number of nitrogens with zero attached hydrogens (tertiary/aromatic N) is 1. The zero-order chi connectivity index (χ0) is 14.2. The van der Waals surface area contributed by atoms with Crippen LogP contribution in [-0.2, 0) is 4.74 Å². The van der Waals surface area contributed by atoms with Crippen molar-refractivity contribution in [2.75, 3.05) is 19.7 Å². The second kappa shape index (κ2) is 5.53. The maximum absolute atomic E-state index is 11.1. The first-order valence-corrected chi connectivity index (χ1v) is 8.08. The summed E-state index contributed by atoms with van der Waals surface area (Å²) in [5.41, 5.74) is 5.75. The summed E-state index contributed by atoms with van der Waals surface area (Å²) in [6.07, 6.45) is 7.66. The molecular weight excluding hydrogens is 254 g/mol. The molecule has 2 aliphatic carbocycles. The molecule has 0 aromatic carbocycles. The van der Waals surface area contributed by atoms with E-state index in [1.165, 1.54) is 19.3 Å². The van der Waals surface area contributed by atoms with Crippen molar-refractivity contribution < 1.29 is 9.53 Å². The molecular formula is C15H27N3O2. The third kappa shape index (κ3) is 2.31. The lowest BCUT2D eigenvalue weighted by molar-refractivity contribution is -0.175. The van der Waals surface area contributed by atoms with Gasteiger partial charge in [-0.25, -0.2) is 4.79 Å². The van der Waals surface area contributed by atoms with E-state index >= 15 is 0 Å². The van der Waals surface area contributed by atoms with Crippen molar-refractivity contribution in [3.8, 4) is 0 Å². The molecule has 3 N–H and O–H groups in total. The number of carbonyl (C=O) groups is 1. The highest BCUT2D eigenvalue weighted by molar-refractivity contribution is 5.72. The van der Waals surface area contributed by atoms with Gasteiger partial charge in [0.25, 0.3) is 0 Å². The van der Waals surface area contributed by atoms with Crippen molar-refractivity contribution in [3.63, 3.8) is 0 Å². The van der Waals surface area contributed by atoms with E-state index in [2.05, 4.69) is 12.2 Å². The van der Waals surface area contributed by atoms with Gasteiger partial charge in [-0.3, -0.25) is 0 Å². The number of carbonyl (C=O) groups excluding carboxylic acids is 1. The van der Waals surface area contributed by atoms with E-state index in [1.807, 2.05) is 0 Å². The fourth-order valence-electron chi connectivity index (χ4n) is 4.22. The van der Waals surface area contributed by atoms with Gasteiger partial charge in [0.05, 0.1) is 6.10 Å². The fraction of sp³-hybridized carbons (Fsp3) is 0.933. The van der Waals surface area contributed by atoms with Crippen LogP contribution in [0, 0.1) is 5.41 Å². The molecule has 3 fully saturated rings. The number of rotatable bonds is 4. The Bertz CT molecular complexity index is 362. The summed E-state index contributed by atoms with van der Waals surface area (Å²) in [6, 6.07) is 0.882. The van der Waals surface area contributed by atoms with Gasteiger partial charge in [-0.2, -0.15) is 0 Å². The van der Waals surface area contributed by atoms with Crippen LogP contribution in [0.3, 0.4) is 0 Å². The van der Waals surface area contributed by atoms with Gasteiger partial charge < -0.3 is 20.7 Å². The van der Waals surface area contributed by atoms with Crippen LogP contribution in [0.2, 0.25) is 0 Å². The molecule has 2 saturated carbocycles. The van der Waals surface area contributed by atoms with Crippen LogP contribution in [0.5, 0.6) is 0 Å². The number of primary amides is 1. The van der Waals surface area contributed by atoms with E-state index in [9.17, 15) is 4.79 Å². The zero-order valence-corrected chi connectivity index (χ0v) is 12.4. The third-order valence-electron chi connectivity index (χ3n) is 5.68. The smallest absolute Gasteiger partial charge is 0.314 e.